The zero-order valence-corrected chi connectivity index (χ0v) is 11.2. The van der Waals surface area contributed by atoms with E-state index in [1.54, 1.807) is 0 Å². The van der Waals surface area contributed by atoms with Crippen molar-refractivity contribution in [3.63, 3.8) is 0 Å². The molecule has 0 aliphatic carbocycles. The summed E-state index contributed by atoms with van der Waals surface area (Å²) in [5.74, 6) is 1.06. The standard InChI is InChI=1S/C15H19N3O/c1-18-11-13(10-17-18)9-16-6-4-12-2-3-15-14(8-12)5-7-19-15/h2-3,8,10-11,16H,4-7,9H2,1H3. The van der Waals surface area contributed by atoms with E-state index >= 15 is 0 Å². The molecule has 0 fully saturated rings. The van der Waals surface area contributed by atoms with Gasteiger partial charge in [0.1, 0.15) is 5.75 Å². The van der Waals surface area contributed by atoms with E-state index in [1.807, 2.05) is 24.1 Å². The maximum absolute atomic E-state index is 5.51. The quantitative estimate of drug-likeness (QED) is 0.828. The number of ether oxygens (including phenoxy) is 1. The number of hydrogen-bond donors (Lipinski definition) is 1. The number of fused-ring (bicyclic) bond motifs is 1. The highest BCUT2D eigenvalue weighted by molar-refractivity contribution is 5.39. The van der Waals surface area contributed by atoms with Gasteiger partial charge >= 0.3 is 0 Å². The van der Waals surface area contributed by atoms with Crippen LogP contribution >= 0.6 is 0 Å². The molecular formula is C15H19N3O. The predicted molar refractivity (Wildman–Crippen MR) is 74.3 cm³/mol. The third-order valence-electron chi connectivity index (χ3n) is 3.43. The molecule has 1 aliphatic heterocycles. The van der Waals surface area contributed by atoms with Crippen molar-refractivity contribution in [2.24, 2.45) is 7.05 Å². The van der Waals surface area contributed by atoms with Gasteiger partial charge in [0.05, 0.1) is 12.8 Å². The minimum atomic E-state index is 0.831. The summed E-state index contributed by atoms with van der Waals surface area (Å²) in [7, 11) is 1.94. The maximum Gasteiger partial charge on any atom is 0.122 e. The fourth-order valence-corrected chi connectivity index (χ4v) is 2.42. The zero-order valence-electron chi connectivity index (χ0n) is 11.2. The molecule has 1 N–H and O–H groups in total. The summed E-state index contributed by atoms with van der Waals surface area (Å²) in [4.78, 5) is 0. The molecule has 1 aromatic carbocycles. The van der Waals surface area contributed by atoms with E-state index in [4.69, 9.17) is 4.74 Å². The van der Waals surface area contributed by atoms with Gasteiger partial charge in [-0.05, 0) is 30.2 Å². The predicted octanol–water partition coefficient (Wildman–Crippen LogP) is 1.69. The van der Waals surface area contributed by atoms with E-state index < -0.39 is 0 Å². The topological polar surface area (TPSA) is 39.1 Å². The highest BCUT2D eigenvalue weighted by Crippen LogP contribution is 2.25. The third-order valence-corrected chi connectivity index (χ3v) is 3.43. The van der Waals surface area contributed by atoms with Crippen LogP contribution in [0.15, 0.2) is 30.6 Å². The molecule has 0 unspecified atom stereocenters. The number of rotatable bonds is 5. The van der Waals surface area contributed by atoms with Crippen molar-refractivity contribution in [3.05, 3.63) is 47.3 Å². The lowest BCUT2D eigenvalue weighted by molar-refractivity contribution is 0.357. The summed E-state index contributed by atoms with van der Waals surface area (Å²) in [6, 6.07) is 6.53. The molecule has 2 aromatic rings. The fraction of sp³-hybridized carbons (Fsp3) is 0.400. The van der Waals surface area contributed by atoms with Crippen LogP contribution in [0.25, 0.3) is 0 Å². The number of hydrogen-bond acceptors (Lipinski definition) is 3. The van der Waals surface area contributed by atoms with E-state index in [2.05, 4.69) is 28.6 Å². The van der Waals surface area contributed by atoms with Crippen LogP contribution in [0, 0.1) is 0 Å². The molecule has 1 aliphatic rings. The molecule has 0 atom stereocenters. The molecule has 0 saturated carbocycles. The lowest BCUT2D eigenvalue weighted by atomic mass is 10.1. The highest BCUT2D eigenvalue weighted by Gasteiger charge is 2.11. The van der Waals surface area contributed by atoms with Gasteiger partial charge in [-0.25, -0.2) is 0 Å². The molecule has 3 rings (SSSR count). The van der Waals surface area contributed by atoms with Gasteiger partial charge in [-0.15, -0.1) is 0 Å². The van der Waals surface area contributed by atoms with Crippen LogP contribution in [0.1, 0.15) is 16.7 Å². The number of benzene rings is 1. The lowest BCUT2D eigenvalue weighted by Crippen LogP contribution is -2.16. The molecule has 0 bridgehead atoms. The molecule has 4 heteroatoms. The van der Waals surface area contributed by atoms with Crippen molar-refractivity contribution in [3.8, 4) is 5.75 Å². The number of aromatic nitrogens is 2. The van der Waals surface area contributed by atoms with Crippen LogP contribution in [0.2, 0.25) is 0 Å². The van der Waals surface area contributed by atoms with Gasteiger partial charge in [0, 0.05) is 31.8 Å². The SMILES string of the molecule is Cn1cc(CNCCc2ccc3c(c2)CCO3)cn1. The first-order valence-electron chi connectivity index (χ1n) is 6.74. The summed E-state index contributed by atoms with van der Waals surface area (Å²) >= 11 is 0. The van der Waals surface area contributed by atoms with E-state index in [0.717, 1.165) is 38.3 Å². The Morgan fingerprint density at radius 1 is 1.37 bits per heavy atom. The molecule has 0 saturated heterocycles. The normalized spacial score (nSPS) is 13.3. The van der Waals surface area contributed by atoms with Crippen molar-refractivity contribution < 1.29 is 4.74 Å². The average molecular weight is 257 g/mol. The Bertz CT molecular complexity index is 562. The Hall–Kier alpha value is -1.81. The van der Waals surface area contributed by atoms with Crippen LogP contribution in [0.4, 0.5) is 0 Å². The van der Waals surface area contributed by atoms with E-state index in [1.165, 1.54) is 16.7 Å². The van der Waals surface area contributed by atoms with Gasteiger partial charge in [-0.2, -0.15) is 5.10 Å². The number of nitrogens with one attached hydrogen (secondary N) is 1. The molecule has 0 radical (unpaired) electrons. The second-order valence-electron chi connectivity index (χ2n) is 4.99. The van der Waals surface area contributed by atoms with Crippen LogP contribution in [0.3, 0.4) is 0 Å². The largest absolute Gasteiger partial charge is 0.493 e. The Kier molecular flexibility index (Phi) is 3.51. The van der Waals surface area contributed by atoms with E-state index in [0.29, 0.717) is 0 Å². The van der Waals surface area contributed by atoms with Crippen molar-refractivity contribution >= 4 is 0 Å². The number of nitrogens with zero attached hydrogens (tertiary/aromatic N) is 2. The number of aryl methyl sites for hydroxylation is 1. The van der Waals surface area contributed by atoms with Crippen LogP contribution < -0.4 is 10.1 Å². The minimum Gasteiger partial charge on any atom is -0.493 e. The Morgan fingerprint density at radius 2 is 2.32 bits per heavy atom. The first kappa shape index (κ1) is 12.2. The minimum absolute atomic E-state index is 0.831. The summed E-state index contributed by atoms with van der Waals surface area (Å²) in [6.07, 6.45) is 6.04. The summed E-state index contributed by atoms with van der Waals surface area (Å²) in [6.45, 7) is 2.69. The van der Waals surface area contributed by atoms with Crippen LogP contribution in [-0.4, -0.2) is 22.9 Å². The summed E-state index contributed by atoms with van der Waals surface area (Å²) in [5.41, 5.74) is 3.96. The molecule has 0 spiro atoms. The van der Waals surface area contributed by atoms with Crippen molar-refractivity contribution in [1.29, 1.82) is 0 Å². The first-order chi connectivity index (χ1) is 9.31. The molecule has 4 nitrogen and oxygen atoms in total. The van der Waals surface area contributed by atoms with Gasteiger partial charge < -0.3 is 10.1 Å². The Balaban J connectivity index is 1.47. The van der Waals surface area contributed by atoms with Crippen molar-refractivity contribution in [1.82, 2.24) is 15.1 Å². The van der Waals surface area contributed by atoms with Gasteiger partial charge in [-0.3, -0.25) is 4.68 Å². The monoisotopic (exact) mass is 257 g/mol. The van der Waals surface area contributed by atoms with E-state index in [9.17, 15) is 0 Å². The van der Waals surface area contributed by atoms with Crippen molar-refractivity contribution in [2.75, 3.05) is 13.2 Å². The van der Waals surface area contributed by atoms with Gasteiger partial charge in [0.25, 0.3) is 0 Å². The van der Waals surface area contributed by atoms with E-state index in [-0.39, 0.29) is 0 Å². The highest BCUT2D eigenvalue weighted by atomic mass is 16.5. The van der Waals surface area contributed by atoms with Gasteiger partial charge in [0.2, 0.25) is 0 Å². The molecule has 2 heterocycles. The van der Waals surface area contributed by atoms with Gasteiger partial charge in [-0.1, -0.05) is 12.1 Å². The third kappa shape index (κ3) is 2.96. The maximum atomic E-state index is 5.51. The second-order valence-corrected chi connectivity index (χ2v) is 4.99. The molecule has 0 amide bonds. The first-order valence-corrected chi connectivity index (χ1v) is 6.74. The van der Waals surface area contributed by atoms with Crippen LogP contribution in [-0.2, 0) is 26.4 Å². The Morgan fingerprint density at radius 3 is 3.16 bits per heavy atom. The summed E-state index contributed by atoms with van der Waals surface area (Å²) < 4.78 is 7.35. The van der Waals surface area contributed by atoms with Crippen molar-refractivity contribution in [2.45, 2.75) is 19.4 Å². The fourth-order valence-electron chi connectivity index (χ4n) is 2.42. The smallest absolute Gasteiger partial charge is 0.122 e. The van der Waals surface area contributed by atoms with Crippen LogP contribution in [0.5, 0.6) is 5.75 Å². The Labute approximate surface area is 113 Å². The van der Waals surface area contributed by atoms with Gasteiger partial charge in [0.15, 0.2) is 0 Å². The molecule has 19 heavy (non-hydrogen) atoms. The average Bonchev–Trinajstić information content (AvgIpc) is 3.03. The zero-order chi connectivity index (χ0) is 13.1. The molecular weight excluding hydrogens is 238 g/mol. The molecule has 1 aromatic heterocycles. The molecule has 100 valence electrons. The summed E-state index contributed by atoms with van der Waals surface area (Å²) in [5, 5.41) is 7.60. The lowest BCUT2D eigenvalue weighted by Gasteiger charge is -2.05. The second kappa shape index (κ2) is 5.45.